The lowest BCUT2D eigenvalue weighted by Crippen LogP contribution is -2.46. The van der Waals surface area contributed by atoms with E-state index in [4.69, 9.17) is 4.74 Å². The second-order valence-electron chi connectivity index (χ2n) is 6.90. The molecule has 1 aromatic carbocycles. The summed E-state index contributed by atoms with van der Waals surface area (Å²) >= 11 is 0. The van der Waals surface area contributed by atoms with E-state index in [0.29, 0.717) is 13.0 Å². The zero-order valence-corrected chi connectivity index (χ0v) is 14.3. The minimum absolute atomic E-state index is 0.142. The number of nitrogens with zero attached hydrogens (tertiary/aromatic N) is 1. The molecule has 1 atom stereocenters. The molecule has 0 spiro atoms. The zero-order chi connectivity index (χ0) is 18.8. The summed E-state index contributed by atoms with van der Waals surface area (Å²) < 4.78 is 44.0. The highest BCUT2D eigenvalue weighted by atomic mass is 19.4. The molecule has 0 bridgehead atoms. The molecule has 2 amide bonds. The van der Waals surface area contributed by atoms with E-state index in [1.165, 1.54) is 17.0 Å². The Balaban J connectivity index is 2.27. The largest absolute Gasteiger partial charge is 0.444 e. The average molecular weight is 358 g/mol. The van der Waals surface area contributed by atoms with Gasteiger partial charge in [0, 0.05) is 13.1 Å². The summed E-state index contributed by atoms with van der Waals surface area (Å²) in [5.74, 6) is -0.335. The first-order valence-electron chi connectivity index (χ1n) is 7.91. The van der Waals surface area contributed by atoms with Gasteiger partial charge < -0.3 is 10.1 Å². The SMILES string of the molecule is CC(C)(C)OC(=O)N(Cc1cccc(C(F)(F)F)c1)[C@H]1CCNC1=O. The van der Waals surface area contributed by atoms with Gasteiger partial charge in [-0.3, -0.25) is 9.69 Å². The maximum atomic E-state index is 12.9. The van der Waals surface area contributed by atoms with Gasteiger partial charge in [0.05, 0.1) is 5.56 Å². The van der Waals surface area contributed by atoms with Gasteiger partial charge in [-0.25, -0.2) is 4.79 Å². The molecule has 1 aliphatic heterocycles. The van der Waals surface area contributed by atoms with Gasteiger partial charge in [-0.05, 0) is 44.9 Å². The molecule has 0 aliphatic carbocycles. The number of amides is 2. The molecule has 1 aliphatic rings. The molecule has 1 aromatic rings. The van der Waals surface area contributed by atoms with Crippen molar-refractivity contribution in [3.8, 4) is 0 Å². The quantitative estimate of drug-likeness (QED) is 0.902. The van der Waals surface area contributed by atoms with E-state index in [1.54, 1.807) is 20.8 Å². The standard InChI is InChI=1S/C17H21F3N2O3/c1-16(2,3)25-15(24)22(13-7-8-21-14(13)23)10-11-5-4-6-12(9-11)17(18,19)20/h4-6,9,13H,7-8,10H2,1-3H3,(H,21,23)/t13-/m0/s1. The Morgan fingerprint density at radius 1 is 1.32 bits per heavy atom. The van der Waals surface area contributed by atoms with Gasteiger partial charge in [-0.1, -0.05) is 12.1 Å². The van der Waals surface area contributed by atoms with Crippen molar-refractivity contribution in [3.05, 3.63) is 35.4 Å². The molecule has 2 rings (SSSR count). The lowest BCUT2D eigenvalue weighted by Gasteiger charge is -2.30. The van der Waals surface area contributed by atoms with Crippen molar-refractivity contribution in [2.45, 2.75) is 51.6 Å². The van der Waals surface area contributed by atoms with Crippen LogP contribution in [0.25, 0.3) is 0 Å². The summed E-state index contributed by atoms with van der Waals surface area (Å²) in [6.07, 6.45) is -4.82. The van der Waals surface area contributed by atoms with Crippen LogP contribution in [0.15, 0.2) is 24.3 Å². The second kappa shape index (κ2) is 6.93. The van der Waals surface area contributed by atoms with Gasteiger partial charge in [-0.2, -0.15) is 13.2 Å². The molecule has 1 N–H and O–H groups in total. The molecule has 1 heterocycles. The van der Waals surface area contributed by atoms with Crippen LogP contribution in [-0.4, -0.2) is 35.1 Å². The molecular formula is C17H21F3N2O3. The Bertz CT molecular complexity index is 653. The minimum atomic E-state index is -4.47. The first-order valence-corrected chi connectivity index (χ1v) is 7.91. The number of rotatable bonds is 3. The monoisotopic (exact) mass is 358 g/mol. The summed E-state index contributed by atoms with van der Waals surface area (Å²) in [6.45, 7) is 5.31. The summed E-state index contributed by atoms with van der Waals surface area (Å²) in [6, 6.07) is 3.94. The van der Waals surface area contributed by atoms with Crippen LogP contribution in [0.2, 0.25) is 0 Å². The number of nitrogens with one attached hydrogen (secondary N) is 1. The zero-order valence-electron chi connectivity index (χ0n) is 14.3. The number of carbonyl (C=O) groups excluding carboxylic acids is 2. The Hall–Kier alpha value is -2.25. The van der Waals surface area contributed by atoms with Gasteiger partial charge in [0.25, 0.3) is 0 Å². The normalized spacial score (nSPS) is 18.0. The highest BCUT2D eigenvalue weighted by molar-refractivity contribution is 5.87. The lowest BCUT2D eigenvalue weighted by atomic mass is 10.1. The van der Waals surface area contributed by atoms with Crippen LogP contribution < -0.4 is 5.32 Å². The van der Waals surface area contributed by atoms with Crippen molar-refractivity contribution in [2.75, 3.05) is 6.54 Å². The number of carbonyl (C=O) groups is 2. The third kappa shape index (κ3) is 5.11. The number of alkyl halides is 3. The van der Waals surface area contributed by atoms with Gasteiger partial charge in [0.2, 0.25) is 5.91 Å². The van der Waals surface area contributed by atoms with E-state index in [0.717, 1.165) is 12.1 Å². The van der Waals surface area contributed by atoms with Gasteiger partial charge in [-0.15, -0.1) is 0 Å². The summed E-state index contributed by atoms with van der Waals surface area (Å²) in [5.41, 5.74) is -1.30. The topological polar surface area (TPSA) is 58.6 Å². The van der Waals surface area contributed by atoms with Crippen molar-refractivity contribution in [3.63, 3.8) is 0 Å². The molecule has 5 nitrogen and oxygen atoms in total. The fourth-order valence-corrected chi connectivity index (χ4v) is 2.54. The van der Waals surface area contributed by atoms with Crippen LogP contribution in [0.4, 0.5) is 18.0 Å². The Morgan fingerprint density at radius 3 is 2.52 bits per heavy atom. The first kappa shape index (κ1) is 19.1. The second-order valence-corrected chi connectivity index (χ2v) is 6.90. The summed E-state index contributed by atoms with van der Waals surface area (Å²) in [5, 5.41) is 2.62. The number of ether oxygens (including phenoxy) is 1. The van der Waals surface area contributed by atoms with E-state index >= 15 is 0 Å². The van der Waals surface area contributed by atoms with E-state index < -0.39 is 29.5 Å². The maximum Gasteiger partial charge on any atom is 0.416 e. The van der Waals surface area contributed by atoms with Crippen molar-refractivity contribution >= 4 is 12.0 Å². The van der Waals surface area contributed by atoms with E-state index in [-0.39, 0.29) is 18.0 Å². The molecule has 0 unspecified atom stereocenters. The molecule has 1 fully saturated rings. The maximum absolute atomic E-state index is 12.9. The lowest BCUT2D eigenvalue weighted by molar-refractivity contribution is -0.137. The van der Waals surface area contributed by atoms with Crippen LogP contribution in [-0.2, 0) is 22.3 Å². The van der Waals surface area contributed by atoms with Crippen molar-refractivity contribution in [2.24, 2.45) is 0 Å². The fraction of sp³-hybridized carbons (Fsp3) is 0.529. The van der Waals surface area contributed by atoms with Gasteiger partial charge in [0.15, 0.2) is 0 Å². The van der Waals surface area contributed by atoms with Crippen molar-refractivity contribution in [1.29, 1.82) is 0 Å². The molecular weight excluding hydrogens is 337 g/mol. The fourth-order valence-electron chi connectivity index (χ4n) is 2.54. The number of halogens is 3. The Labute approximate surface area is 144 Å². The molecule has 25 heavy (non-hydrogen) atoms. The molecule has 0 radical (unpaired) electrons. The highest BCUT2D eigenvalue weighted by Crippen LogP contribution is 2.30. The van der Waals surface area contributed by atoms with Gasteiger partial charge in [0.1, 0.15) is 11.6 Å². The third-order valence-corrected chi connectivity index (χ3v) is 3.63. The van der Waals surface area contributed by atoms with Crippen LogP contribution in [0.3, 0.4) is 0 Å². The Kier molecular flexibility index (Phi) is 5.29. The van der Waals surface area contributed by atoms with Crippen LogP contribution in [0.1, 0.15) is 38.3 Å². The van der Waals surface area contributed by atoms with Crippen LogP contribution >= 0.6 is 0 Å². The molecule has 0 saturated carbocycles. The average Bonchev–Trinajstić information content (AvgIpc) is 2.88. The predicted octanol–water partition coefficient (Wildman–Crippen LogP) is 3.33. The highest BCUT2D eigenvalue weighted by Gasteiger charge is 2.36. The molecule has 1 saturated heterocycles. The predicted molar refractivity (Wildman–Crippen MR) is 84.6 cm³/mol. The number of hydrogen-bond donors (Lipinski definition) is 1. The third-order valence-electron chi connectivity index (χ3n) is 3.63. The van der Waals surface area contributed by atoms with Crippen molar-refractivity contribution in [1.82, 2.24) is 10.2 Å². The van der Waals surface area contributed by atoms with E-state index in [9.17, 15) is 22.8 Å². The van der Waals surface area contributed by atoms with E-state index in [2.05, 4.69) is 5.32 Å². The summed E-state index contributed by atoms with van der Waals surface area (Å²) in [7, 11) is 0. The molecule has 138 valence electrons. The minimum Gasteiger partial charge on any atom is -0.444 e. The number of hydrogen-bond acceptors (Lipinski definition) is 3. The molecule has 8 heteroatoms. The van der Waals surface area contributed by atoms with Crippen LogP contribution in [0.5, 0.6) is 0 Å². The van der Waals surface area contributed by atoms with Gasteiger partial charge >= 0.3 is 12.3 Å². The summed E-state index contributed by atoms with van der Waals surface area (Å²) in [4.78, 5) is 25.6. The van der Waals surface area contributed by atoms with E-state index in [1.807, 2.05) is 0 Å². The number of benzene rings is 1. The van der Waals surface area contributed by atoms with Crippen molar-refractivity contribution < 1.29 is 27.5 Å². The smallest absolute Gasteiger partial charge is 0.416 e. The first-order chi connectivity index (χ1) is 11.5. The molecule has 0 aromatic heterocycles. The van der Waals surface area contributed by atoms with Crippen LogP contribution in [0, 0.1) is 0 Å². The Morgan fingerprint density at radius 2 is 2.00 bits per heavy atom.